The number of carbonyl (C=O) groups is 3. The van der Waals surface area contributed by atoms with Gasteiger partial charge < -0.3 is 25.4 Å². The van der Waals surface area contributed by atoms with Crippen molar-refractivity contribution in [3.63, 3.8) is 0 Å². The van der Waals surface area contributed by atoms with Crippen LogP contribution in [0.3, 0.4) is 0 Å². The number of hydrogen-bond donors (Lipinski definition) is 2. The molecule has 3 aromatic carbocycles. The molecule has 0 spiro atoms. The Bertz CT molecular complexity index is 1520. The second-order valence-electron chi connectivity index (χ2n) is 13.0. The summed E-state index contributed by atoms with van der Waals surface area (Å²) >= 11 is 6.31. The number of likely N-dealkylation sites (tertiary alicyclic amines) is 1. The van der Waals surface area contributed by atoms with Gasteiger partial charge in [-0.05, 0) is 68.4 Å². The maximum Gasteiger partial charge on any atom is 0.306 e. The van der Waals surface area contributed by atoms with Gasteiger partial charge in [-0.15, -0.1) is 0 Å². The molecule has 3 N–H and O–H groups in total. The fraction of sp³-hybridized carbons (Fsp3) is 0.410. The Balaban J connectivity index is 1.48. The highest BCUT2D eigenvalue weighted by Crippen LogP contribution is 2.29. The summed E-state index contributed by atoms with van der Waals surface area (Å²) in [5, 5.41) is 3.48. The number of nitrogens with zero attached hydrogens (tertiary/aromatic N) is 1. The van der Waals surface area contributed by atoms with Crippen molar-refractivity contribution in [1.29, 1.82) is 0 Å². The molecule has 1 saturated heterocycles. The third-order valence-electron chi connectivity index (χ3n) is 8.63. The summed E-state index contributed by atoms with van der Waals surface area (Å²) in [4.78, 5) is 41.4. The average Bonchev–Trinajstić information content (AvgIpc) is 3.56. The maximum atomic E-state index is 14.1. The van der Waals surface area contributed by atoms with Crippen LogP contribution in [-0.2, 0) is 43.3 Å². The molecule has 1 aliphatic rings. The Morgan fingerprint density at radius 1 is 1.00 bits per heavy atom. The van der Waals surface area contributed by atoms with Gasteiger partial charge in [0.1, 0.15) is 12.6 Å². The summed E-state index contributed by atoms with van der Waals surface area (Å²) in [6, 6.07) is 25.3. The highest BCUT2D eigenvalue weighted by molar-refractivity contribution is 6.30. The summed E-state index contributed by atoms with van der Waals surface area (Å²) in [6.07, 6.45) is 6.53. The first-order valence-electron chi connectivity index (χ1n) is 16.7. The molecular weight excluding hydrogens is 626 g/mol. The van der Waals surface area contributed by atoms with E-state index in [1.807, 2.05) is 97.9 Å². The number of benzene rings is 3. The van der Waals surface area contributed by atoms with Gasteiger partial charge in [0.25, 0.3) is 0 Å². The van der Waals surface area contributed by atoms with Gasteiger partial charge in [0.15, 0.2) is 0 Å². The topological polar surface area (TPSA) is 111 Å². The molecular formula is C39H48ClN3O5. The summed E-state index contributed by atoms with van der Waals surface area (Å²) in [7, 11) is 0. The Labute approximate surface area is 289 Å². The molecule has 1 fully saturated rings. The van der Waals surface area contributed by atoms with Crippen molar-refractivity contribution in [3.05, 3.63) is 119 Å². The summed E-state index contributed by atoms with van der Waals surface area (Å²) in [5.74, 6) is -0.905. The minimum absolute atomic E-state index is 0.168. The molecule has 0 aromatic heterocycles. The van der Waals surface area contributed by atoms with Gasteiger partial charge in [0.2, 0.25) is 11.8 Å². The Hall–Kier alpha value is -3.98. The van der Waals surface area contributed by atoms with E-state index in [0.29, 0.717) is 31.0 Å². The van der Waals surface area contributed by atoms with Gasteiger partial charge in [-0.2, -0.15) is 0 Å². The first-order chi connectivity index (χ1) is 23.0. The lowest BCUT2D eigenvalue weighted by atomic mass is 9.83. The fourth-order valence-electron chi connectivity index (χ4n) is 5.83. The van der Waals surface area contributed by atoms with Gasteiger partial charge >= 0.3 is 5.97 Å². The number of ether oxygens (including phenoxy) is 2. The van der Waals surface area contributed by atoms with Crippen LogP contribution in [0.5, 0.6) is 0 Å². The minimum atomic E-state index is -0.912. The van der Waals surface area contributed by atoms with Crippen molar-refractivity contribution in [2.45, 2.75) is 83.7 Å². The number of hydrogen-bond acceptors (Lipinski definition) is 6. The molecule has 48 heavy (non-hydrogen) atoms. The number of aryl methyl sites for hydroxylation is 1. The van der Waals surface area contributed by atoms with Crippen molar-refractivity contribution >= 4 is 29.4 Å². The van der Waals surface area contributed by atoms with Crippen LogP contribution in [-0.4, -0.2) is 60.1 Å². The zero-order valence-electron chi connectivity index (χ0n) is 28.1. The van der Waals surface area contributed by atoms with Crippen molar-refractivity contribution in [1.82, 2.24) is 10.2 Å². The quantitative estimate of drug-likeness (QED) is 0.142. The molecule has 4 rings (SSSR count). The molecule has 0 bridgehead atoms. The van der Waals surface area contributed by atoms with Crippen LogP contribution in [0.15, 0.2) is 97.1 Å². The fourth-order valence-corrected chi connectivity index (χ4v) is 6.04. The lowest BCUT2D eigenvalue weighted by Gasteiger charge is -2.32. The van der Waals surface area contributed by atoms with Crippen molar-refractivity contribution in [2.75, 3.05) is 13.2 Å². The van der Waals surface area contributed by atoms with Gasteiger partial charge in [0.05, 0.1) is 24.8 Å². The van der Waals surface area contributed by atoms with Crippen LogP contribution < -0.4 is 11.1 Å². The third-order valence-corrected chi connectivity index (χ3v) is 8.86. The molecule has 2 amide bonds. The zero-order valence-corrected chi connectivity index (χ0v) is 28.9. The molecule has 0 radical (unpaired) electrons. The maximum absolute atomic E-state index is 14.1. The van der Waals surface area contributed by atoms with Gasteiger partial charge in [-0.3, -0.25) is 14.4 Å². The van der Waals surface area contributed by atoms with Crippen LogP contribution in [0.4, 0.5) is 0 Å². The van der Waals surface area contributed by atoms with Crippen molar-refractivity contribution in [3.8, 4) is 0 Å². The largest absolute Gasteiger partial charge is 0.465 e. The lowest BCUT2D eigenvalue weighted by Crippen LogP contribution is -2.57. The highest BCUT2D eigenvalue weighted by atomic mass is 35.5. The van der Waals surface area contributed by atoms with Crippen molar-refractivity contribution < 1.29 is 23.9 Å². The van der Waals surface area contributed by atoms with E-state index in [2.05, 4.69) is 11.4 Å². The second-order valence-corrected chi connectivity index (χ2v) is 13.4. The molecule has 3 aromatic rings. The van der Waals surface area contributed by atoms with E-state index in [0.717, 1.165) is 29.5 Å². The molecule has 0 unspecified atom stereocenters. The Morgan fingerprint density at radius 3 is 2.33 bits per heavy atom. The van der Waals surface area contributed by atoms with E-state index in [4.69, 9.17) is 26.8 Å². The number of nitrogens with one attached hydrogen (secondary N) is 1. The monoisotopic (exact) mass is 673 g/mol. The Kier molecular flexibility index (Phi) is 13.8. The first-order valence-corrected chi connectivity index (χ1v) is 17.1. The SMILES string of the molecule is C[C@H](N)C(=O)N[C@H](C(=O)N1CCC[C@H]1/C=C/[C@](C)(COC(=O)CCc1ccccc1)Cc1cccc(Cl)c1)[C@@H](C)OCc1ccccc1. The predicted molar refractivity (Wildman–Crippen MR) is 189 cm³/mol. The molecule has 9 heteroatoms. The standard InChI is InChI=1S/C39H48ClN3O5/c1-28(41)37(45)42-36(29(2)47-26-31-14-8-5-9-15-31)38(46)43-23-11-18-34(43)21-22-39(3,25-32-16-10-17-33(40)24-32)27-48-35(44)20-19-30-12-6-4-7-13-30/h4-10,12-17,21-22,24,28-29,34,36H,11,18-20,23,25-27,41H2,1-3H3,(H,42,45)/b22-21+/t28-,29+,34-,36-,39-/m0/s1. The predicted octanol–water partition coefficient (Wildman–Crippen LogP) is 6.05. The van der Waals surface area contributed by atoms with Crippen LogP contribution >= 0.6 is 11.6 Å². The molecule has 0 aliphatic carbocycles. The molecule has 5 atom stereocenters. The zero-order chi connectivity index (χ0) is 34.5. The summed E-state index contributed by atoms with van der Waals surface area (Å²) in [5.41, 5.74) is 8.35. The summed E-state index contributed by atoms with van der Waals surface area (Å²) in [6.45, 7) is 6.44. The average molecular weight is 674 g/mol. The van der Waals surface area contributed by atoms with E-state index in [1.165, 1.54) is 0 Å². The third kappa shape index (κ3) is 11.3. The number of halogens is 1. The smallest absolute Gasteiger partial charge is 0.306 e. The molecule has 8 nitrogen and oxygen atoms in total. The molecule has 0 saturated carbocycles. The van der Waals surface area contributed by atoms with E-state index in [-0.39, 0.29) is 30.9 Å². The number of amides is 2. The molecule has 1 heterocycles. The van der Waals surface area contributed by atoms with Gasteiger partial charge in [-0.1, -0.05) is 103 Å². The van der Waals surface area contributed by atoms with Crippen LogP contribution in [0, 0.1) is 5.41 Å². The second kappa shape index (κ2) is 18.0. The Morgan fingerprint density at radius 2 is 1.67 bits per heavy atom. The van der Waals surface area contributed by atoms with Crippen molar-refractivity contribution in [2.24, 2.45) is 11.1 Å². The van der Waals surface area contributed by atoms with Crippen LogP contribution in [0.2, 0.25) is 5.02 Å². The van der Waals surface area contributed by atoms with E-state index in [9.17, 15) is 14.4 Å². The minimum Gasteiger partial charge on any atom is -0.465 e. The van der Waals surface area contributed by atoms with Crippen LogP contribution in [0.25, 0.3) is 0 Å². The van der Waals surface area contributed by atoms with E-state index >= 15 is 0 Å². The van der Waals surface area contributed by atoms with E-state index in [1.54, 1.807) is 18.7 Å². The van der Waals surface area contributed by atoms with Gasteiger partial charge in [-0.25, -0.2) is 0 Å². The van der Waals surface area contributed by atoms with Crippen LogP contribution in [0.1, 0.15) is 56.7 Å². The number of nitrogens with two attached hydrogens (primary N) is 1. The lowest BCUT2D eigenvalue weighted by molar-refractivity contribution is -0.146. The van der Waals surface area contributed by atoms with Gasteiger partial charge in [0, 0.05) is 23.4 Å². The molecule has 1 aliphatic heterocycles. The normalized spacial score (nSPS) is 17.8. The first kappa shape index (κ1) is 36.8. The number of rotatable bonds is 16. The summed E-state index contributed by atoms with van der Waals surface area (Å²) < 4.78 is 11.9. The number of esters is 1. The number of carbonyl (C=O) groups excluding carboxylic acids is 3. The van der Waals surface area contributed by atoms with E-state index < -0.39 is 29.5 Å². The highest BCUT2D eigenvalue weighted by Gasteiger charge is 2.37. The molecule has 256 valence electrons.